The van der Waals surface area contributed by atoms with Crippen LogP contribution < -0.4 is 0 Å². The lowest BCUT2D eigenvalue weighted by Crippen LogP contribution is -2.15. The summed E-state index contributed by atoms with van der Waals surface area (Å²) in [5, 5.41) is 7.42. The Balaban J connectivity index is 0. The molecule has 0 aliphatic carbocycles. The van der Waals surface area contributed by atoms with Gasteiger partial charge in [0, 0.05) is 13.3 Å². The zero-order chi connectivity index (χ0) is 19.3. The Morgan fingerprint density at radius 2 is 1.28 bits per heavy atom. The van der Waals surface area contributed by atoms with Gasteiger partial charge in [-0.2, -0.15) is 0 Å². The predicted molar refractivity (Wildman–Crippen MR) is 104 cm³/mol. The molecule has 0 radical (unpaired) electrons. The topological polar surface area (TPSA) is 66.8 Å². The number of carboxylic acids is 1. The molecule has 1 N–H and O–H groups in total. The van der Waals surface area contributed by atoms with Crippen molar-refractivity contribution in [3.8, 4) is 0 Å². The highest BCUT2D eigenvalue weighted by Gasteiger charge is 2.02. The van der Waals surface area contributed by atoms with Crippen molar-refractivity contribution in [2.24, 2.45) is 0 Å². The van der Waals surface area contributed by atoms with Crippen LogP contribution in [0, 0.1) is 0 Å². The molecule has 0 spiro atoms. The fraction of sp³-hybridized carbons (Fsp3) is 0.900. The third-order valence-corrected chi connectivity index (χ3v) is 3.75. The number of unbranched alkanes of at least 4 members (excludes halogenated alkanes) is 9. The SMILES string of the molecule is CC(=O)O.CCCCCCCCCCCCOC(=O)CCCN(C)C. The molecule has 0 rings (SSSR count). The first-order chi connectivity index (χ1) is 11.9. The molecule has 0 atom stereocenters. The first-order valence-corrected chi connectivity index (χ1v) is 9.90. The molecule has 0 aromatic rings. The molecule has 25 heavy (non-hydrogen) atoms. The van der Waals surface area contributed by atoms with Crippen LogP contribution in [0.5, 0.6) is 0 Å². The van der Waals surface area contributed by atoms with Crippen molar-refractivity contribution in [3.63, 3.8) is 0 Å². The van der Waals surface area contributed by atoms with Crippen molar-refractivity contribution in [3.05, 3.63) is 0 Å². The van der Waals surface area contributed by atoms with Crippen LogP contribution in [0.15, 0.2) is 0 Å². The van der Waals surface area contributed by atoms with Gasteiger partial charge >= 0.3 is 5.97 Å². The number of esters is 1. The van der Waals surface area contributed by atoms with Crippen molar-refractivity contribution in [2.75, 3.05) is 27.2 Å². The molecule has 0 amide bonds. The van der Waals surface area contributed by atoms with Crippen LogP contribution in [-0.4, -0.2) is 49.2 Å². The summed E-state index contributed by atoms with van der Waals surface area (Å²) in [6.45, 7) is 4.90. The molecule has 0 saturated carbocycles. The molecule has 0 fully saturated rings. The predicted octanol–water partition coefficient (Wildman–Crippen LogP) is 4.88. The normalized spacial score (nSPS) is 10.3. The van der Waals surface area contributed by atoms with Crippen molar-refractivity contribution < 1.29 is 19.4 Å². The Kier molecular flexibility index (Phi) is 21.9. The monoisotopic (exact) mass is 359 g/mol. The Bertz CT molecular complexity index is 302. The van der Waals surface area contributed by atoms with Crippen molar-refractivity contribution in [1.82, 2.24) is 4.90 Å². The molecule has 150 valence electrons. The Hall–Kier alpha value is -1.10. The fourth-order valence-corrected chi connectivity index (χ4v) is 2.39. The van der Waals surface area contributed by atoms with Crippen LogP contribution in [-0.2, 0) is 14.3 Å². The maximum Gasteiger partial charge on any atom is 0.305 e. The van der Waals surface area contributed by atoms with Crippen molar-refractivity contribution in [1.29, 1.82) is 0 Å². The van der Waals surface area contributed by atoms with Crippen LogP contribution >= 0.6 is 0 Å². The lowest BCUT2D eigenvalue weighted by Gasteiger charge is -2.09. The van der Waals surface area contributed by atoms with Gasteiger partial charge in [-0.15, -0.1) is 0 Å². The molecular formula is C20H41NO4. The molecule has 0 aliphatic rings. The van der Waals surface area contributed by atoms with E-state index in [2.05, 4.69) is 11.8 Å². The molecule has 0 aliphatic heterocycles. The highest BCUT2D eigenvalue weighted by atomic mass is 16.5. The van der Waals surface area contributed by atoms with Gasteiger partial charge in [-0.25, -0.2) is 0 Å². The average Bonchev–Trinajstić information content (AvgIpc) is 2.51. The first kappa shape index (κ1) is 26.1. The average molecular weight is 360 g/mol. The van der Waals surface area contributed by atoms with Gasteiger partial charge in [0.1, 0.15) is 0 Å². The largest absolute Gasteiger partial charge is 0.481 e. The fourth-order valence-electron chi connectivity index (χ4n) is 2.39. The van der Waals surface area contributed by atoms with Gasteiger partial charge in [0.05, 0.1) is 6.61 Å². The molecule has 0 bridgehead atoms. The summed E-state index contributed by atoms with van der Waals surface area (Å²) in [6.07, 6.45) is 14.6. The van der Waals surface area contributed by atoms with Gasteiger partial charge < -0.3 is 14.7 Å². The van der Waals surface area contributed by atoms with Gasteiger partial charge in [-0.1, -0.05) is 64.7 Å². The number of carbonyl (C=O) groups excluding carboxylic acids is 1. The van der Waals surface area contributed by atoms with Gasteiger partial charge in [0.2, 0.25) is 0 Å². The number of nitrogens with zero attached hydrogens (tertiary/aromatic N) is 1. The summed E-state index contributed by atoms with van der Waals surface area (Å²) >= 11 is 0. The van der Waals surface area contributed by atoms with Crippen LogP contribution in [0.2, 0.25) is 0 Å². The Morgan fingerprint density at radius 1 is 0.840 bits per heavy atom. The second-order valence-corrected chi connectivity index (χ2v) is 6.83. The Labute approximate surface area is 155 Å². The molecule has 0 saturated heterocycles. The van der Waals surface area contributed by atoms with E-state index in [0.717, 1.165) is 26.3 Å². The minimum atomic E-state index is -0.833. The summed E-state index contributed by atoms with van der Waals surface area (Å²) in [5.74, 6) is -0.868. The summed E-state index contributed by atoms with van der Waals surface area (Å²) in [5.41, 5.74) is 0. The Morgan fingerprint density at radius 3 is 1.72 bits per heavy atom. The summed E-state index contributed by atoms with van der Waals surface area (Å²) < 4.78 is 5.24. The van der Waals surface area contributed by atoms with E-state index < -0.39 is 5.97 Å². The highest BCUT2D eigenvalue weighted by molar-refractivity contribution is 5.69. The lowest BCUT2D eigenvalue weighted by molar-refractivity contribution is -0.144. The van der Waals surface area contributed by atoms with Crippen molar-refractivity contribution in [2.45, 2.75) is 90.9 Å². The number of ether oxygens (including phenoxy) is 1. The summed E-state index contributed by atoms with van der Waals surface area (Å²) in [4.78, 5) is 22.5. The van der Waals surface area contributed by atoms with Crippen LogP contribution in [0.4, 0.5) is 0 Å². The zero-order valence-electron chi connectivity index (χ0n) is 17.0. The van der Waals surface area contributed by atoms with E-state index in [1.54, 1.807) is 0 Å². The quantitative estimate of drug-likeness (QED) is 0.333. The van der Waals surface area contributed by atoms with Gasteiger partial charge in [-0.05, 0) is 33.5 Å². The minimum Gasteiger partial charge on any atom is -0.481 e. The second kappa shape index (κ2) is 20.9. The van der Waals surface area contributed by atoms with E-state index in [9.17, 15) is 4.79 Å². The molecular weight excluding hydrogens is 318 g/mol. The first-order valence-electron chi connectivity index (χ1n) is 9.90. The second-order valence-electron chi connectivity index (χ2n) is 6.83. The van der Waals surface area contributed by atoms with E-state index in [0.29, 0.717) is 13.0 Å². The number of carbonyl (C=O) groups is 2. The van der Waals surface area contributed by atoms with Crippen LogP contribution in [0.1, 0.15) is 90.9 Å². The van der Waals surface area contributed by atoms with E-state index in [-0.39, 0.29) is 5.97 Å². The summed E-state index contributed by atoms with van der Waals surface area (Å²) in [7, 11) is 4.05. The molecule has 0 aromatic heterocycles. The summed E-state index contributed by atoms with van der Waals surface area (Å²) in [6, 6.07) is 0. The zero-order valence-corrected chi connectivity index (χ0v) is 17.0. The van der Waals surface area contributed by atoms with Gasteiger partial charge in [0.25, 0.3) is 5.97 Å². The number of hydrogen-bond donors (Lipinski definition) is 1. The van der Waals surface area contributed by atoms with Gasteiger partial charge in [-0.3, -0.25) is 9.59 Å². The molecule has 5 nitrogen and oxygen atoms in total. The van der Waals surface area contributed by atoms with Gasteiger partial charge in [0.15, 0.2) is 0 Å². The highest BCUT2D eigenvalue weighted by Crippen LogP contribution is 2.10. The molecule has 5 heteroatoms. The smallest absolute Gasteiger partial charge is 0.305 e. The van der Waals surface area contributed by atoms with Crippen molar-refractivity contribution >= 4 is 11.9 Å². The third kappa shape index (κ3) is 31.2. The minimum absolute atomic E-state index is 0.0345. The molecule has 0 unspecified atom stereocenters. The number of hydrogen-bond acceptors (Lipinski definition) is 4. The molecule has 0 aromatic carbocycles. The maximum absolute atomic E-state index is 11.4. The van der Waals surface area contributed by atoms with E-state index >= 15 is 0 Å². The lowest BCUT2D eigenvalue weighted by atomic mass is 10.1. The van der Waals surface area contributed by atoms with E-state index in [1.807, 2.05) is 14.1 Å². The third-order valence-electron chi connectivity index (χ3n) is 3.75. The van der Waals surface area contributed by atoms with Crippen LogP contribution in [0.25, 0.3) is 0 Å². The maximum atomic E-state index is 11.4. The van der Waals surface area contributed by atoms with E-state index in [4.69, 9.17) is 14.6 Å². The number of rotatable bonds is 15. The van der Waals surface area contributed by atoms with Crippen LogP contribution in [0.3, 0.4) is 0 Å². The standard InChI is InChI=1S/C18H37NO2.C2H4O2/c1-4-5-6-7-8-9-10-11-12-13-17-21-18(20)15-14-16-19(2)3;1-2(3)4/h4-17H2,1-3H3;1H3,(H,3,4). The number of carboxylic acid groups (broad SMARTS) is 1. The molecule has 0 heterocycles. The number of aliphatic carboxylic acids is 1. The van der Waals surface area contributed by atoms with E-state index in [1.165, 1.54) is 57.8 Å².